The summed E-state index contributed by atoms with van der Waals surface area (Å²) in [5.74, 6) is 0. The topological polar surface area (TPSA) is 69.2 Å². The minimum absolute atomic E-state index is 0.0165. The van der Waals surface area contributed by atoms with E-state index in [0.717, 1.165) is 12.1 Å². The van der Waals surface area contributed by atoms with Crippen molar-refractivity contribution in [1.82, 2.24) is 0 Å². The van der Waals surface area contributed by atoms with E-state index in [9.17, 15) is 23.3 Å². The highest BCUT2D eigenvalue weighted by Gasteiger charge is 2.32. The fourth-order valence-electron chi connectivity index (χ4n) is 1.23. The Morgan fingerprint density at radius 1 is 1.44 bits per heavy atom. The molecule has 88 valence electrons. The number of nitrogen functional groups attached to an aromatic ring is 1. The lowest BCUT2D eigenvalue weighted by atomic mass is 10.0. The molecule has 0 aromatic heterocycles. The van der Waals surface area contributed by atoms with Gasteiger partial charge in [-0.25, -0.2) is 0 Å². The van der Waals surface area contributed by atoms with Gasteiger partial charge in [0.2, 0.25) is 6.04 Å². The van der Waals surface area contributed by atoms with Crippen molar-refractivity contribution in [3.8, 4) is 0 Å². The summed E-state index contributed by atoms with van der Waals surface area (Å²) in [6.45, 7) is 1.19. The van der Waals surface area contributed by atoms with Gasteiger partial charge in [-0.3, -0.25) is 10.1 Å². The number of nitrogens with two attached hydrogens (primary N) is 1. The van der Waals surface area contributed by atoms with E-state index in [-0.39, 0.29) is 11.3 Å². The standard InChI is InChI=1S/C9H9F3N2O2/c1-5(14(15)16)7-4-6(9(10,11)12)2-3-8(7)13/h2-5H,13H2,1H3. The SMILES string of the molecule is CC(c1cc(C(F)(F)F)ccc1N)[N+](=O)[O-]. The number of halogens is 3. The second-order valence-electron chi connectivity index (χ2n) is 3.30. The molecular formula is C9H9F3N2O2. The molecule has 1 rings (SSSR count). The van der Waals surface area contributed by atoms with Crippen LogP contribution in [0.3, 0.4) is 0 Å². The van der Waals surface area contributed by atoms with Crippen molar-refractivity contribution in [1.29, 1.82) is 0 Å². The smallest absolute Gasteiger partial charge is 0.398 e. The van der Waals surface area contributed by atoms with E-state index in [2.05, 4.69) is 0 Å². The van der Waals surface area contributed by atoms with Crippen molar-refractivity contribution in [2.75, 3.05) is 5.73 Å². The predicted octanol–water partition coefficient (Wildman–Crippen LogP) is 2.63. The number of benzene rings is 1. The second-order valence-corrected chi connectivity index (χ2v) is 3.30. The Balaban J connectivity index is 3.24. The highest BCUT2D eigenvalue weighted by atomic mass is 19.4. The maximum absolute atomic E-state index is 12.4. The van der Waals surface area contributed by atoms with Gasteiger partial charge in [0.1, 0.15) is 0 Å². The number of hydrogen-bond donors (Lipinski definition) is 1. The predicted molar refractivity (Wildman–Crippen MR) is 51.3 cm³/mol. The van der Waals surface area contributed by atoms with E-state index >= 15 is 0 Å². The molecule has 1 unspecified atom stereocenters. The maximum Gasteiger partial charge on any atom is 0.416 e. The van der Waals surface area contributed by atoms with Gasteiger partial charge in [0, 0.05) is 23.1 Å². The summed E-state index contributed by atoms with van der Waals surface area (Å²) >= 11 is 0. The molecule has 2 N–H and O–H groups in total. The normalized spacial score (nSPS) is 13.5. The average molecular weight is 234 g/mol. The fraction of sp³-hybridized carbons (Fsp3) is 0.333. The Labute approximate surface area is 89.0 Å². The molecule has 0 saturated heterocycles. The van der Waals surface area contributed by atoms with Crippen LogP contribution in [0.4, 0.5) is 18.9 Å². The van der Waals surface area contributed by atoms with E-state index in [4.69, 9.17) is 5.73 Å². The quantitative estimate of drug-likeness (QED) is 0.485. The van der Waals surface area contributed by atoms with E-state index < -0.39 is 22.7 Å². The number of nitro groups is 1. The highest BCUT2D eigenvalue weighted by Crippen LogP contribution is 2.33. The third-order valence-electron chi connectivity index (χ3n) is 2.18. The van der Waals surface area contributed by atoms with Crippen LogP contribution in [0.15, 0.2) is 18.2 Å². The number of nitrogens with zero attached hydrogens (tertiary/aromatic N) is 1. The minimum atomic E-state index is -4.53. The molecule has 0 saturated carbocycles. The Bertz CT molecular complexity index is 418. The summed E-state index contributed by atoms with van der Waals surface area (Å²) in [5.41, 5.74) is 4.32. The highest BCUT2D eigenvalue weighted by molar-refractivity contribution is 5.50. The van der Waals surface area contributed by atoms with E-state index in [1.165, 1.54) is 6.92 Å². The van der Waals surface area contributed by atoms with Crippen LogP contribution in [0.1, 0.15) is 24.1 Å². The first-order chi connectivity index (χ1) is 7.23. The molecule has 0 aliphatic carbocycles. The van der Waals surface area contributed by atoms with Crippen molar-refractivity contribution < 1.29 is 18.1 Å². The lowest BCUT2D eigenvalue weighted by Crippen LogP contribution is -2.12. The van der Waals surface area contributed by atoms with Crippen molar-refractivity contribution in [2.24, 2.45) is 0 Å². The van der Waals surface area contributed by atoms with Crippen LogP contribution in [0.2, 0.25) is 0 Å². The first kappa shape index (κ1) is 12.3. The molecule has 7 heteroatoms. The van der Waals surface area contributed by atoms with Gasteiger partial charge in [0.15, 0.2) is 0 Å². The third-order valence-corrected chi connectivity index (χ3v) is 2.18. The van der Waals surface area contributed by atoms with Gasteiger partial charge in [-0.1, -0.05) is 0 Å². The lowest BCUT2D eigenvalue weighted by molar-refractivity contribution is -0.524. The molecule has 0 radical (unpaired) electrons. The second kappa shape index (κ2) is 3.99. The molecule has 0 spiro atoms. The van der Waals surface area contributed by atoms with E-state index in [1.54, 1.807) is 0 Å². The van der Waals surface area contributed by atoms with Crippen LogP contribution in [0.25, 0.3) is 0 Å². The number of hydrogen-bond acceptors (Lipinski definition) is 3. The van der Waals surface area contributed by atoms with Crippen LogP contribution in [-0.2, 0) is 6.18 Å². The van der Waals surface area contributed by atoms with Gasteiger partial charge in [-0.05, 0) is 18.2 Å². The molecule has 0 fully saturated rings. The Morgan fingerprint density at radius 3 is 2.44 bits per heavy atom. The third kappa shape index (κ3) is 2.41. The zero-order valence-corrected chi connectivity index (χ0v) is 8.28. The molecule has 1 aromatic rings. The van der Waals surface area contributed by atoms with Crippen LogP contribution < -0.4 is 5.73 Å². The van der Waals surface area contributed by atoms with Crippen molar-refractivity contribution in [2.45, 2.75) is 19.1 Å². The first-order valence-electron chi connectivity index (χ1n) is 4.33. The van der Waals surface area contributed by atoms with Gasteiger partial charge < -0.3 is 5.73 Å². The monoisotopic (exact) mass is 234 g/mol. The summed E-state index contributed by atoms with van der Waals surface area (Å²) in [4.78, 5) is 9.79. The van der Waals surface area contributed by atoms with Gasteiger partial charge in [0.25, 0.3) is 0 Å². The first-order valence-corrected chi connectivity index (χ1v) is 4.33. The average Bonchev–Trinajstić information content (AvgIpc) is 2.15. The number of alkyl halides is 3. The number of anilines is 1. The largest absolute Gasteiger partial charge is 0.416 e. The van der Waals surface area contributed by atoms with Crippen molar-refractivity contribution in [3.05, 3.63) is 39.4 Å². The molecule has 0 aliphatic rings. The molecular weight excluding hydrogens is 225 g/mol. The molecule has 0 heterocycles. The van der Waals surface area contributed by atoms with Crippen LogP contribution in [-0.4, -0.2) is 4.92 Å². The van der Waals surface area contributed by atoms with E-state index in [1.807, 2.05) is 0 Å². The molecule has 16 heavy (non-hydrogen) atoms. The summed E-state index contributed by atoms with van der Waals surface area (Å²) < 4.78 is 37.1. The molecule has 0 bridgehead atoms. The Hall–Kier alpha value is -1.79. The molecule has 1 aromatic carbocycles. The van der Waals surface area contributed by atoms with E-state index in [0.29, 0.717) is 6.07 Å². The molecule has 0 aliphatic heterocycles. The summed E-state index contributed by atoms with van der Waals surface area (Å²) in [6.07, 6.45) is -4.53. The minimum Gasteiger partial charge on any atom is -0.398 e. The molecule has 1 atom stereocenters. The molecule has 4 nitrogen and oxygen atoms in total. The van der Waals surface area contributed by atoms with Crippen molar-refractivity contribution in [3.63, 3.8) is 0 Å². The Morgan fingerprint density at radius 2 is 2.00 bits per heavy atom. The van der Waals surface area contributed by atoms with Crippen molar-refractivity contribution >= 4 is 5.69 Å². The fourth-order valence-corrected chi connectivity index (χ4v) is 1.23. The maximum atomic E-state index is 12.4. The van der Waals surface area contributed by atoms with Gasteiger partial charge in [0.05, 0.1) is 5.56 Å². The Kier molecular flexibility index (Phi) is 3.06. The summed E-state index contributed by atoms with van der Waals surface area (Å²) in [6, 6.07) is 1.27. The number of rotatable bonds is 2. The lowest BCUT2D eigenvalue weighted by Gasteiger charge is -2.11. The zero-order chi connectivity index (χ0) is 12.5. The summed E-state index contributed by atoms with van der Waals surface area (Å²) in [5, 5.41) is 10.5. The zero-order valence-electron chi connectivity index (χ0n) is 8.28. The van der Waals surface area contributed by atoms with Gasteiger partial charge >= 0.3 is 6.18 Å². The van der Waals surface area contributed by atoms with Crippen LogP contribution >= 0.6 is 0 Å². The van der Waals surface area contributed by atoms with Gasteiger partial charge in [-0.2, -0.15) is 13.2 Å². The molecule has 0 amide bonds. The van der Waals surface area contributed by atoms with Crippen LogP contribution in [0, 0.1) is 10.1 Å². The van der Waals surface area contributed by atoms with Crippen LogP contribution in [0.5, 0.6) is 0 Å². The van der Waals surface area contributed by atoms with Gasteiger partial charge in [-0.15, -0.1) is 0 Å². The summed E-state index contributed by atoms with van der Waals surface area (Å²) in [7, 11) is 0.